The molecular weight excluding hydrogens is 443 g/mol. The van der Waals surface area contributed by atoms with Crippen molar-refractivity contribution in [3.05, 3.63) is 45.2 Å². The topological polar surface area (TPSA) is 89.4 Å². The summed E-state index contributed by atoms with van der Waals surface area (Å²) in [4.78, 5) is 32.4. The van der Waals surface area contributed by atoms with Gasteiger partial charge in [-0.3, -0.25) is 9.59 Å². The molecule has 0 bridgehead atoms. The monoisotopic (exact) mass is 458 g/mol. The van der Waals surface area contributed by atoms with Crippen LogP contribution in [0.25, 0.3) is 0 Å². The maximum atomic E-state index is 12.4. The summed E-state index contributed by atoms with van der Waals surface area (Å²) >= 11 is 3.42. The Hall–Kier alpha value is -1.68. The van der Waals surface area contributed by atoms with E-state index in [0.717, 1.165) is 3.57 Å². The van der Waals surface area contributed by atoms with Gasteiger partial charge in [-0.25, -0.2) is 4.98 Å². The number of carbonyl (C=O) groups excluding carboxylic acids is 1. The van der Waals surface area contributed by atoms with Gasteiger partial charge in [0.2, 0.25) is 5.88 Å². The number of carboxylic acid groups (broad SMARTS) is 1. The second kappa shape index (κ2) is 8.43. The zero-order chi connectivity index (χ0) is 17.7. The third-order valence-corrected chi connectivity index (χ3v) is 4.57. The van der Waals surface area contributed by atoms with Gasteiger partial charge < -0.3 is 9.84 Å². The van der Waals surface area contributed by atoms with Crippen LogP contribution >= 0.6 is 34.4 Å². The molecule has 2 rings (SSSR count). The summed E-state index contributed by atoms with van der Waals surface area (Å²) in [6.45, 7) is 0. The molecule has 1 N–H and O–H groups in total. The summed E-state index contributed by atoms with van der Waals surface area (Å²) in [5, 5.41) is 9.93. The Balaban J connectivity index is 2.31. The molecule has 1 aromatic carbocycles. The first-order valence-corrected chi connectivity index (χ1v) is 9.23. The lowest BCUT2D eigenvalue weighted by Crippen LogP contribution is -2.18. The Morgan fingerprint density at radius 2 is 1.96 bits per heavy atom. The van der Waals surface area contributed by atoms with Crippen LogP contribution in [0.3, 0.4) is 0 Å². The van der Waals surface area contributed by atoms with Crippen LogP contribution in [0, 0.1) is 3.57 Å². The molecule has 1 atom stereocenters. The number of thioether (sulfide) groups is 1. The summed E-state index contributed by atoms with van der Waals surface area (Å²) < 4.78 is 6.09. The maximum absolute atomic E-state index is 12.4. The third kappa shape index (κ3) is 4.67. The second-order valence-corrected chi connectivity index (χ2v) is 6.87. The summed E-state index contributed by atoms with van der Waals surface area (Å²) in [5.74, 6) is -2.14. The largest absolute Gasteiger partial charge is 0.481 e. The van der Waals surface area contributed by atoms with Gasteiger partial charge in [0.25, 0.3) is 0 Å². The van der Waals surface area contributed by atoms with Gasteiger partial charge in [0.05, 0.1) is 12.8 Å². The number of ketones is 1. The van der Waals surface area contributed by atoms with Crippen LogP contribution in [-0.2, 0) is 4.79 Å². The zero-order valence-corrected chi connectivity index (χ0v) is 16.0. The predicted octanol–water partition coefficient (Wildman–Crippen LogP) is 3.25. The van der Waals surface area contributed by atoms with Crippen molar-refractivity contribution >= 4 is 46.1 Å². The van der Waals surface area contributed by atoms with E-state index in [2.05, 4.69) is 32.6 Å². The number of aromatic nitrogens is 2. The van der Waals surface area contributed by atoms with Gasteiger partial charge in [0.15, 0.2) is 10.9 Å². The number of hydrogen-bond donors (Lipinski definition) is 1. The van der Waals surface area contributed by atoms with Gasteiger partial charge in [-0.2, -0.15) is 4.98 Å². The van der Waals surface area contributed by atoms with E-state index in [9.17, 15) is 14.7 Å². The molecular formula is C16H15IN2O4S. The van der Waals surface area contributed by atoms with Crippen LogP contribution in [0.1, 0.15) is 28.4 Å². The number of nitrogens with zero attached hydrogens (tertiary/aromatic N) is 2. The van der Waals surface area contributed by atoms with Crippen LogP contribution < -0.4 is 4.74 Å². The van der Waals surface area contributed by atoms with Gasteiger partial charge >= 0.3 is 5.97 Å². The molecule has 2 aromatic rings. The molecule has 0 saturated carbocycles. The highest BCUT2D eigenvalue weighted by Crippen LogP contribution is 2.25. The van der Waals surface area contributed by atoms with Crippen molar-refractivity contribution in [2.45, 2.75) is 17.5 Å². The van der Waals surface area contributed by atoms with Crippen LogP contribution in [0.15, 0.2) is 35.5 Å². The van der Waals surface area contributed by atoms with Crippen molar-refractivity contribution in [1.82, 2.24) is 9.97 Å². The molecule has 1 unspecified atom stereocenters. The molecule has 0 saturated heterocycles. The summed E-state index contributed by atoms with van der Waals surface area (Å²) in [5.41, 5.74) is 0.741. The summed E-state index contributed by atoms with van der Waals surface area (Å²) in [7, 11) is 1.45. The predicted molar refractivity (Wildman–Crippen MR) is 98.8 cm³/mol. The number of carboxylic acids is 1. The molecule has 1 aromatic heterocycles. The van der Waals surface area contributed by atoms with Crippen molar-refractivity contribution < 1.29 is 19.4 Å². The molecule has 0 radical (unpaired) electrons. The average Bonchev–Trinajstić information content (AvgIpc) is 2.59. The second-order valence-electron chi connectivity index (χ2n) is 4.85. The molecule has 24 heavy (non-hydrogen) atoms. The Bertz CT molecular complexity index is 730. The summed E-state index contributed by atoms with van der Waals surface area (Å²) in [6, 6.07) is 8.46. The fraction of sp³-hybridized carbons (Fsp3) is 0.250. The van der Waals surface area contributed by atoms with E-state index >= 15 is 0 Å². The van der Waals surface area contributed by atoms with E-state index < -0.39 is 11.9 Å². The van der Waals surface area contributed by atoms with Gasteiger partial charge in [-0.1, -0.05) is 23.9 Å². The standard InChI is InChI=1S/C16H15IN2O4S/c1-23-14-8-12(18-16(19-14)24-2)11(15(21)22)7-13(20)9-3-5-10(17)6-4-9/h3-6,8,11H,7H2,1-2H3,(H,21,22). The first-order chi connectivity index (χ1) is 11.4. The first-order valence-electron chi connectivity index (χ1n) is 6.93. The zero-order valence-electron chi connectivity index (χ0n) is 13.0. The Morgan fingerprint density at radius 1 is 1.29 bits per heavy atom. The normalized spacial score (nSPS) is 11.8. The molecule has 8 heteroatoms. The minimum atomic E-state index is -1.11. The van der Waals surface area contributed by atoms with Crippen LogP contribution in [-0.4, -0.2) is 40.2 Å². The number of halogens is 1. The molecule has 6 nitrogen and oxygen atoms in total. The highest BCUT2D eigenvalue weighted by atomic mass is 127. The number of hydrogen-bond acceptors (Lipinski definition) is 6. The van der Waals surface area contributed by atoms with E-state index in [1.54, 1.807) is 18.4 Å². The van der Waals surface area contributed by atoms with E-state index in [-0.39, 0.29) is 23.8 Å². The van der Waals surface area contributed by atoms with Crippen molar-refractivity contribution in [3.8, 4) is 5.88 Å². The lowest BCUT2D eigenvalue weighted by atomic mass is 9.95. The lowest BCUT2D eigenvalue weighted by Gasteiger charge is -2.13. The fourth-order valence-electron chi connectivity index (χ4n) is 2.05. The number of rotatable bonds is 7. The average molecular weight is 458 g/mol. The van der Waals surface area contributed by atoms with E-state index in [1.807, 2.05) is 12.1 Å². The van der Waals surface area contributed by atoms with Gasteiger partial charge in [-0.05, 0) is 41.0 Å². The molecule has 1 heterocycles. The maximum Gasteiger partial charge on any atom is 0.313 e. The number of Topliss-reactive ketones (excluding diaryl/α,β-unsaturated/α-hetero) is 1. The lowest BCUT2D eigenvalue weighted by molar-refractivity contribution is -0.138. The van der Waals surface area contributed by atoms with E-state index in [0.29, 0.717) is 10.7 Å². The molecule has 0 aliphatic rings. The highest BCUT2D eigenvalue weighted by molar-refractivity contribution is 14.1. The number of aliphatic carboxylic acids is 1. The van der Waals surface area contributed by atoms with Crippen molar-refractivity contribution in [2.24, 2.45) is 0 Å². The minimum Gasteiger partial charge on any atom is -0.481 e. The van der Waals surface area contributed by atoms with Gasteiger partial charge in [-0.15, -0.1) is 0 Å². The Kier molecular flexibility index (Phi) is 6.55. The van der Waals surface area contributed by atoms with Crippen LogP contribution in [0.2, 0.25) is 0 Å². The van der Waals surface area contributed by atoms with Crippen molar-refractivity contribution in [1.29, 1.82) is 0 Å². The first kappa shape index (κ1) is 18.7. The number of methoxy groups -OCH3 is 1. The summed E-state index contributed by atoms with van der Waals surface area (Å²) in [6.07, 6.45) is 1.61. The smallest absolute Gasteiger partial charge is 0.313 e. The molecule has 0 amide bonds. The molecule has 0 spiro atoms. The quantitative estimate of drug-likeness (QED) is 0.295. The van der Waals surface area contributed by atoms with Crippen LogP contribution in [0.5, 0.6) is 5.88 Å². The highest BCUT2D eigenvalue weighted by Gasteiger charge is 2.26. The van der Waals surface area contributed by atoms with Gasteiger partial charge in [0.1, 0.15) is 5.92 Å². The third-order valence-electron chi connectivity index (χ3n) is 3.30. The molecule has 126 valence electrons. The van der Waals surface area contributed by atoms with Crippen molar-refractivity contribution in [2.75, 3.05) is 13.4 Å². The van der Waals surface area contributed by atoms with E-state index in [1.165, 1.54) is 24.9 Å². The minimum absolute atomic E-state index is 0.177. The van der Waals surface area contributed by atoms with Crippen molar-refractivity contribution in [3.63, 3.8) is 0 Å². The van der Waals surface area contributed by atoms with Gasteiger partial charge in [0, 0.05) is 21.6 Å². The number of benzene rings is 1. The molecule has 0 aliphatic heterocycles. The molecule has 0 aliphatic carbocycles. The Labute approximate surface area is 157 Å². The SMILES string of the molecule is COc1cc(C(CC(=O)c2ccc(I)cc2)C(=O)O)nc(SC)n1. The number of ether oxygens (including phenoxy) is 1. The number of carbonyl (C=O) groups is 2. The van der Waals surface area contributed by atoms with Crippen LogP contribution in [0.4, 0.5) is 0 Å². The van der Waals surface area contributed by atoms with E-state index in [4.69, 9.17) is 4.74 Å². The fourth-order valence-corrected chi connectivity index (χ4v) is 2.79. The molecule has 0 fully saturated rings. The Morgan fingerprint density at radius 3 is 2.50 bits per heavy atom.